The van der Waals surface area contributed by atoms with Crippen molar-refractivity contribution in [3.8, 4) is 67.5 Å². The van der Waals surface area contributed by atoms with E-state index < -0.39 is 47.8 Å². The van der Waals surface area contributed by atoms with E-state index in [1.54, 1.807) is 12.1 Å². The molecule has 8 aromatic rings. The number of phenols is 1. The molecule has 0 atom stereocenters. The maximum atomic E-state index is 11.5. The summed E-state index contributed by atoms with van der Waals surface area (Å²) in [6, 6.07) is 31.7. The standard InChI is InChI=1S/C54H52N3O.Pt/c1-52(2,3)40-24-22-36(23-25-40)43-27-26-41(53(4,5)6)34-48(43)57-47-20-15-19-44(50(47)56-51(57)45-18-13-14-21-49(45)58)38-30-39(32-42(31-38)54(7,8)9)46-33-37(28-29-55-46)35-16-11-10-12-17-35;/h10-29,31-34,58H,1-9H3;/q-1;/i10D,11D,12D,16D,17D,28D,29D,33D;. The third-order valence-electron chi connectivity index (χ3n) is 10.6. The number of phenolic OH excluding ortho intramolecular Hbond substituents is 1. The Balaban J connectivity index is 0.00000666. The molecular formula is C54H52N3OPt-. The molecule has 300 valence electrons. The number of pyridine rings is 1. The fourth-order valence-electron chi connectivity index (χ4n) is 7.20. The molecule has 0 bridgehead atoms. The van der Waals surface area contributed by atoms with Crippen LogP contribution in [0.4, 0.5) is 0 Å². The van der Waals surface area contributed by atoms with Crippen LogP contribution in [0.5, 0.6) is 5.75 Å². The average molecular weight is 962 g/mol. The molecule has 2 heterocycles. The van der Waals surface area contributed by atoms with Crippen molar-refractivity contribution in [1.82, 2.24) is 14.5 Å². The molecular weight excluding hydrogens is 902 g/mol. The summed E-state index contributed by atoms with van der Waals surface area (Å²) < 4.78 is 71.3. The maximum absolute atomic E-state index is 11.5. The summed E-state index contributed by atoms with van der Waals surface area (Å²) in [4.78, 5) is 9.81. The minimum absolute atomic E-state index is 0. The number of aromatic nitrogens is 3. The predicted molar refractivity (Wildman–Crippen MR) is 243 cm³/mol. The number of hydrogen-bond donors (Lipinski definition) is 1. The van der Waals surface area contributed by atoms with Crippen LogP contribution in [0.25, 0.3) is 72.7 Å². The van der Waals surface area contributed by atoms with Gasteiger partial charge in [-0.2, -0.15) is 0 Å². The second-order valence-corrected chi connectivity index (χ2v) is 17.9. The van der Waals surface area contributed by atoms with E-state index >= 15 is 0 Å². The zero-order chi connectivity index (χ0) is 47.9. The first-order valence-electron chi connectivity index (χ1n) is 23.6. The zero-order valence-corrected chi connectivity index (χ0v) is 37.1. The molecule has 0 aliphatic heterocycles. The van der Waals surface area contributed by atoms with E-state index in [2.05, 4.69) is 120 Å². The van der Waals surface area contributed by atoms with Crippen molar-refractivity contribution in [2.24, 2.45) is 0 Å². The topological polar surface area (TPSA) is 50.9 Å². The summed E-state index contributed by atoms with van der Waals surface area (Å²) in [6.45, 7) is 19.3. The van der Waals surface area contributed by atoms with Gasteiger partial charge in [0.15, 0.2) is 0 Å². The number of fused-ring (bicyclic) bond motifs is 1. The number of benzene rings is 6. The van der Waals surface area contributed by atoms with Gasteiger partial charge in [0.05, 0.1) is 33.3 Å². The van der Waals surface area contributed by atoms with Crippen molar-refractivity contribution >= 4 is 11.0 Å². The molecule has 6 aromatic carbocycles. The largest absolute Gasteiger partial charge is 0.507 e. The van der Waals surface area contributed by atoms with E-state index in [9.17, 15) is 6.48 Å². The van der Waals surface area contributed by atoms with Gasteiger partial charge in [-0.1, -0.05) is 170 Å². The van der Waals surface area contributed by atoms with Crippen LogP contribution in [0, 0.1) is 6.07 Å². The average Bonchev–Trinajstić information content (AvgIpc) is 3.65. The van der Waals surface area contributed by atoms with Crippen LogP contribution in [0.15, 0.2) is 146 Å². The van der Waals surface area contributed by atoms with Crippen LogP contribution >= 0.6 is 0 Å². The number of hydrogen-bond acceptors (Lipinski definition) is 3. The van der Waals surface area contributed by atoms with Crippen molar-refractivity contribution in [2.45, 2.75) is 78.6 Å². The fourth-order valence-corrected chi connectivity index (χ4v) is 7.20. The van der Waals surface area contributed by atoms with Gasteiger partial charge in [-0.3, -0.25) is 9.55 Å². The molecule has 5 heteroatoms. The second-order valence-electron chi connectivity index (χ2n) is 17.9. The van der Waals surface area contributed by atoms with Crippen LogP contribution in [0.1, 0.15) is 90.0 Å². The monoisotopic (exact) mass is 961 g/mol. The van der Waals surface area contributed by atoms with Crippen molar-refractivity contribution in [1.29, 1.82) is 0 Å². The Morgan fingerprint density at radius 3 is 1.92 bits per heavy atom. The molecule has 0 amide bonds. The summed E-state index contributed by atoms with van der Waals surface area (Å²) in [5.74, 6) is 0.583. The molecule has 0 aliphatic rings. The number of para-hydroxylation sites is 2. The van der Waals surface area contributed by atoms with Gasteiger partial charge < -0.3 is 5.11 Å². The van der Waals surface area contributed by atoms with Gasteiger partial charge in [-0.15, -0.1) is 29.3 Å². The number of aromatic hydroxyl groups is 1. The van der Waals surface area contributed by atoms with Crippen molar-refractivity contribution < 1.29 is 37.1 Å². The summed E-state index contributed by atoms with van der Waals surface area (Å²) >= 11 is 0. The van der Waals surface area contributed by atoms with Gasteiger partial charge in [-0.25, -0.2) is 4.98 Å². The molecule has 2 aromatic heterocycles. The van der Waals surface area contributed by atoms with Gasteiger partial charge >= 0.3 is 0 Å². The molecule has 59 heavy (non-hydrogen) atoms. The minimum atomic E-state index is -0.607. The van der Waals surface area contributed by atoms with Crippen molar-refractivity contribution in [3.05, 3.63) is 168 Å². The van der Waals surface area contributed by atoms with Crippen LogP contribution in [-0.2, 0) is 37.3 Å². The molecule has 0 fully saturated rings. The normalized spacial score (nSPS) is 14.0. The van der Waals surface area contributed by atoms with Gasteiger partial charge in [0, 0.05) is 38.5 Å². The first kappa shape index (κ1) is 32.3. The molecule has 0 spiro atoms. The summed E-state index contributed by atoms with van der Waals surface area (Å²) in [6.07, 6.45) is -0.520. The Hall–Kier alpha value is -5.57. The zero-order valence-electron chi connectivity index (χ0n) is 42.8. The van der Waals surface area contributed by atoms with Crippen LogP contribution in [0.2, 0.25) is 0 Å². The Morgan fingerprint density at radius 2 is 1.24 bits per heavy atom. The van der Waals surface area contributed by atoms with E-state index in [0.717, 1.165) is 33.5 Å². The predicted octanol–water partition coefficient (Wildman–Crippen LogP) is 14.2. The van der Waals surface area contributed by atoms with Crippen LogP contribution in [-0.4, -0.2) is 19.6 Å². The van der Waals surface area contributed by atoms with Crippen molar-refractivity contribution in [2.75, 3.05) is 0 Å². The quantitative estimate of drug-likeness (QED) is 0.169. The molecule has 4 nitrogen and oxygen atoms in total. The molecule has 0 aliphatic carbocycles. The van der Waals surface area contributed by atoms with E-state index in [0.29, 0.717) is 33.6 Å². The number of nitrogens with zero attached hydrogens (tertiary/aromatic N) is 3. The summed E-state index contributed by atoms with van der Waals surface area (Å²) in [5.41, 5.74) is 8.21. The summed E-state index contributed by atoms with van der Waals surface area (Å²) in [7, 11) is 0. The first-order valence-corrected chi connectivity index (χ1v) is 19.6. The molecule has 0 radical (unpaired) electrons. The van der Waals surface area contributed by atoms with E-state index in [-0.39, 0.29) is 60.5 Å². The summed E-state index contributed by atoms with van der Waals surface area (Å²) in [5, 5.41) is 11.5. The van der Waals surface area contributed by atoms with E-state index in [1.165, 1.54) is 5.56 Å². The number of rotatable bonds is 6. The first-order chi connectivity index (χ1) is 30.9. The van der Waals surface area contributed by atoms with Gasteiger partial charge in [0.1, 0.15) is 11.6 Å². The molecule has 1 N–H and O–H groups in total. The fraction of sp³-hybridized carbons (Fsp3) is 0.222. The van der Waals surface area contributed by atoms with Crippen LogP contribution in [0.3, 0.4) is 0 Å². The Labute approximate surface area is 375 Å². The van der Waals surface area contributed by atoms with E-state index in [4.69, 9.17) is 14.6 Å². The molecule has 8 rings (SSSR count). The third kappa shape index (κ3) is 8.34. The smallest absolute Gasteiger partial charge is 0.148 e. The van der Waals surface area contributed by atoms with Crippen molar-refractivity contribution in [3.63, 3.8) is 0 Å². The van der Waals surface area contributed by atoms with Gasteiger partial charge in [0.2, 0.25) is 0 Å². The van der Waals surface area contributed by atoms with Gasteiger partial charge in [-0.05, 0) is 74.4 Å². The minimum Gasteiger partial charge on any atom is -0.507 e. The SMILES string of the molecule is [2H]c1nc(-c2[c-]c(-c3cccc4c3nc(-c3ccccc3O)n4-c3cc(C(C)(C)C)ccc3-c3ccc(C(C)(C)C)cc3)cc(C(C)(C)C)c2)c([2H])c(-c2c([2H])c([2H])c([2H])c([2H])c2[2H])c1[2H].[Pt]. The van der Waals surface area contributed by atoms with E-state index in [1.807, 2.05) is 42.5 Å². The maximum Gasteiger partial charge on any atom is 0.148 e. The molecule has 0 saturated carbocycles. The Bertz CT molecular complexity index is 3220. The Morgan fingerprint density at radius 1 is 0.593 bits per heavy atom. The third-order valence-corrected chi connectivity index (χ3v) is 10.6. The van der Waals surface area contributed by atoms with Gasteiger partial charge in [0.25, 0.3) is 0 Å². The Kier molecular flexibility index (Phi) is 8.70. The van der Waals surface area contributed by atoms with Crippen LogP contribution < -0.4 is 0 Å². The number of imidazole rings is 1. The second kappa shape index (κ2) is 15.9. The molecule has 0 saturated heterocycles. The molecule has 0 unspecified atom stereocenters.